The molecule has 0 saturated heterocycles. The van der Waals surface area contributed by atoms with Gasteiger partial charge in [0.1, 0.15) is 5.82 Å². The van der Waals surface area contributed by atoms with Crippen molar-refractivity contribution in [2.45, 2.75) is 52.4 Å². The zero-order valence-electron chi connectivity index (χ0n) is 27.9. The Morgan fingerprint density at radius 1 is 0.690 bits per heavy atom. The molecule has 0 radical (unpaired) electrons. The number of anilines is 3. The number of benzene rings is 4. The van der Waals surface area contributed by atoms with Crippen molar-refractivity contribution in [2.75, 3.05) is 16.5 Å². The van der Waals surface area contributed by atoms with Gasteiger partial charge in [0.2, 0.25) is 0 Å². The third-order valence-electron chi connectivity index (χ3n) is 8.81. The number of nitrogens with zero attached hydrogens (tertiary/aromatic N) is 4. The van der Waals surface area contributed by atoms with Gasteiger partial charge >= 0.3 is 0 Å². The molecule has 0 bridgehead atoms. The molecule has 0 aliphatic carbocycles. The van der Waals surface area contributed by atoms with Gasteiger partial charge in [0.05, 0.1) is 29.1 Å². The first-order valence-electron chi connectivity index (χ1n) is 16.1. The zero-order chi connectivity index (χ0) is 31.7. The van der Waals surface area contributed by atoms with E-state index in [1.54, 1.807) is 18.3 Å². The quantitative estimate of drug-likeness (QED) is 0.217. The Balaban J connectivity index is 1.34. The van der Waals surface area contributed by atoms with Crippen molar-refractivity contribution in [3.05, 3.63) is 126 Å². The molecule has 0 amide bonds. The lowest BCUT2D eigenvalue weighted by molar-refractivity contribution is 0.518. The van der Waals surface area contributed by atoms with Crippen LogP contribution < -0.4 is 9.80 Å². The lowest BCUT2D eigenvalue weighted by Crippen LogP contribution is -2.42. The molecule has 4 aromatic carbocycles. The maximum absolute atomic E-state index is 7.98. The van der Waals surface area contributed by atoms with E-state index in [1.165, 1.54) is 28.2 Å². The van der Waals surface area contributed by atoms with Gasteiger partial charge in [-0.3, -0.25) is 4.57 Å². The molecule has 0 fully saturated rings. The van der Waals surface area contributed by atoms with E-state index in [0.717, 1.165) is 28.5 Å². The van der Waals surface area contributed by atoms with Gasteiger partial charge in [-0.2, -0.15) is 0 Å². The fraction of sp³-hybridized carbons (Fsp3) is 0.237. The Morgan fingerprint density at radius 2 is 1.43 bits per heavy atom. The average Bonchev–Trinajstić information content (AvgIpc) is 3.57. The summed E-state index contributed by atoms with van der Waals surface area (Å²) in [7, 11) is 0. The van der Waals surface area contributed by atoms with E-state index >= 15 is 0 Å². The lowest BCUT2D eigenvalue weighted by atomic mass is 9.77. The van der Waals surface area contributed by atoms with Crippen LogP contribution in [0.3, 0.4) is 0 Å². The molecule has 42 heavy (non-hydrogen) atoms. The molecule has 3 heterocycles. The van der Waals surface area contributed by atoms with Crippen LogP contribution in [-0.2, 0) is 5.41 Å². The molecule has 6 aromatic rings. The van der Waals surface area contributed by atoms with Gasteiger partial charge < -0.3 is 9.80 Å². The molecule has 1 aliphatic heterocycles. The van der Waals surface area contributed by atoms with Crippen LogP contribution in [-0.4, -0.2) is 21.8 Å². The van der Waals surface area contributed by atoms with Crippen LogP contribution in [0.15, 0.2) is 109 Å². The van der Waals surface area contributed by atoms with Crippen molar-refractivity contribution in [2.24, 2.45) is 0 Å². The number of para-hydroxylation sites is 3. The van der Waals surface area contributed by atoms with Gasteiger partial charge in [-0.25, -0.2) is 4.98 Å². The summed E-state index contributed by atoms with van der Waals surface area (Å²) in [5.74, 6) is 0.600. The highest BCUT2D eigenvalue weighted by Crippen LogP contribution is 2.45. The van der Waals surface area contributed by atoms with Gasteiger partial charge in [0.25, 0.3) is 0 Å². The summed E-state index contributed by atoms with van der Waals surface area (Å²) < 4.78 is 26.0. The first-order valence-corrected chi connectivity index (χ1v) is 14.6. The SMILES string of the molecule is [2H]C([2H])([2H])c1ccnc(-n2c3ccccc3c3ccc(C(C)(C)c4cccc(N5CN(C(C)(C)C)c6ccccc65)c4)cc32)c1. The van der Waals surface area contributed by atoms with Crippen LogP contribution in [0.2, 0.25) is 0 Å². The van der Waals surface area contributed by atoms with E-state index < -0.39 is 6.85 Å². The van der Waals surface area contributed by atoms with Gasteiger partial charge in [-0.15, -0.1) is 0 Å². The largest absolute Gasteiger partial charge is 0.347 e. The monoisotopic (exact) mass is 553 g/mol. The van der Waals surface area contributed by atoms with Crippen LogP contribution in [0.5, 0.6) is 0 Å². The molecule has 2 aromatic heterocycles. The van der Waals surface area contributed by atoms with Crippen molar-refractivity contribution in [1.82, 2.24) is 9.55 Å². The molecule has 1 aliphatic rings. The van der Waals surface area contributed by atoms with Gasteiger partial charge in [-0.1, -0.05) is 68.4 Å². The summed E-state index contributed by atoms with van der Waals surface area (Å²) in [6.07, 6.45) is 1.59. The minimum absolute atomic E-state index is 0.00648. The zero-order valence-corrected chi connectivity index (χ0v) is 24.9. The minimum Gasteiger partial charge on any atom is -0.347 e. The highest BCUT2D eigenvalue weighted by molar-refractivity contribution is 6.09. The Labute approximate surface area is 253 Å². The van der Waals surface area contributed by atoms with E-state index in [-0.39, 0.29) is 16.5 Å². The fourth-order valence-electron chi connectivity index (χ4n) is 6.38. The molecule has 4 heteroatoms. The number of fused-ring (bicyclic) bond motifs is 4. The predicted octanol–water partition coefficient (Wildman–Crippen LogP) is 9.53. The van der Waals surface area contributed by atoms with E-state index in [0.29, 0.717) is 5.82 Å². The van der Waals surface area contributed by atoms with Crippen LogP contribution in [0.4, 0.5) is 17.1 Å². The number of pyridine rings is 1. The second-order valence-corrected chi connectivity index (χ2v) is 12.8. The molecular formula is C38H38N4. The van der Waals surface area contributed by atoms with E-state index in [2.05, 4.69) is 133 Å². The van der Waals surface area contributed by atoms with Gasteiger partial charge in [0, 0.05) is 37.7 Å². The average molecular weight is 554 g/mol. The Kier molecular flexibility index (Phi) is 5.20. The molecule has 7 rings (SSSR count). The number of aryl methyl sites for hydroxylation is 1. The molecular weight excluding hydrogens is 512 g/mol. The number of hydrogen-bond donors (Lipinski definition) is 0. The lowest BCUT2D eigenvalue weighted by Gasteiger charge is -2.34. The second kappa shape index (κ2) is 9.49. The van der Waals surface area contributed by atoms with Crippen LogP contribution in [0.25, 0.3) is 27.6 Å². The van der Waals surface area contributed by atoms with Crippen molar-refractivity contribution in [3.63, 3.8) is 0 Å². The van der Waals surface area contributed by atoms with Crippen molar-refractivity contribution < 1.29 is 4.11 Å². The van der Waals surface area contributed by atoms with Crippen molar-refractivity contribution in [1.29, 1.82) is 0 Å². The summed E-state index contributed by atoms with van der Waals surface area (Å²) in [5, 5.41) is 2.21. The third kappa shape index (κ3) is 4.16. The molecule has 0 atom stereocenters. The Hall–Kier alpha value is -4.57. The molecule has 0 N–H and O–H groups in total. The maximum atomic E-state index is 7.98. The summed E-state index contributed by atoms with van der Waals surface area (Å²) >= 11 is 0. The molecule has 210 valence electrons. The maximum Gasteiger partial charge on any atom is 0.137 e. The highest BCUT2D eigenvalue weighted by Gasteiger charge is 2.34. The third-order valence-corrected chi connectivity index (χ3v) is 8.81. The van der Waals surface area contributed by atoms with Gasteiger partial charge in [0.15, 0.2) is 0 Å². The fourth-order valence-corrected chi connectivity index (χ4v) is 6.38. The summed E-state index contributed by atoms with van der Waals surface area (Å²) in [4.78, 5) is 9.51. The molecule has 0 spiro atoms. The summed E-state index contributed by atoms with van der Waals surface area (Å²) in [6, 6.07) is 35.7. The van der Waals surface area contributed by atoms with E-state index in [4.69, 9.17) is 4.11 Å². The second-order valence-electron chi connectivity index (χ2n) is 12.8. The first kappa shape index (κ1) is 23.0. The van der Waals surface area contributed by atoms with Crippen LogP contribution in [0, 0.1) is 6.85 Å². The summed E-state index contributed by atoms with van der Waals surface area (Å²) in [5.41, 5.74) is 7.98. The normalized spacial score (nSPS) is 15.1. The first-order chi connectivity index (χ1) is 21.3. The van der Waals surface area contributed by atoms with E-state index in [1.807, 2.05) is 12.1 Å². The number of rotatable bonds is 4. The van der Waals surface area contributed by atoms with E-state index in [9.17, 15) is 0 Å². The van der Waals surface area contributed by atoms with Crippen molar-refractivity contribution in [3.8, 4) is 5.82 Å². The summed E-state index contributed by atoms with van der Waals surface area (Å²) in [6.45, 7) is 9.90. The topological polar surface area (TPSA) is 24.3 Å². The van der Waals surface area contributed by atoms with Crippen LogP contribution in [0.1, 0.15) is 55.4 Å². The van der Waals surface area contributed by atoms with Crippen LogP contribution >= 0.6 is 0 Å². The Morgan fingerprint density at radius 3 is 2.24 bits per heavy atom. The molecule has 0 unspecified atom stereocenters. The predicted molar refractivity (Wildman–Crippen MR) is 178 cm³/mol. The standard InChI is InChI=1S/C38H38N4/c1-26-20-21-39-36(22-26)42-32-15-8-7-14-30(32)31-19-18-28(24-35(31)42)38(5,6)27-12-11-13-29(23-27)40-25-41(37(2,3)4)34-17-10-9-16-33(34)40/h7-24H,25H2,1-6H3/i1D3. The minimum atomic E-state index is -2.21. The molecule has 4 nitrogen and oxygen atoms in total. The smallest absolute Gasteiger partial charge is 0.137 e. The Bertz CT molecular complexity index is 2070. The highest BCUT2D eigenvalue weighted by atomic mass is 15.4. The van der Waals surface area contributed by atoms with Gasteiger partial charge in [-0.05, 0) is 92.8 Å². The number of hydrogen-bond acceptors (Lipinski definition) is 3. The number of aromatic nitrogens is 2. The van der Waals surface area contributed by atoms with Crippen molar-refractivity contribution >= 4 is 38.9 Å². The molecule has 0 saturated carbocycles.